The topological polar surface area (TPSA) is 35.6 Å². The third-order valence-corrected chi connectivity index (χ3v) is 5.35. The third-order valence-electron chi connectivity index (χ3n) is 5.03. The van der Waals surface area contributed by atoms with Gasteiger partial charge in [0.25, 0.3) is 0 Å². The van der Waals surface area contributed by atoms with E-state index in [1.807, 2.05) is 37.3 Å². The van der Waals surface area contributed by atoms with Crippen LogP contribution in [0.2, 0.25) is 5.02 Å². The smallest absolute Gasteiger partial charge is 0.238 e. The first kappa shape index (κ1) is 19.9. The molecule has 1 amide bonds. The van der Waals surface area contributed by atoms with Crippen LogP contribution in [0.3, 0.4) is 0 Å². The molecule has 0 atom stereocenters. The summed E-state index contributed by atoms with van der Waals surface area (Å²) in [5.41, 5.74) is 2.91. The van der Waals surface area contributed by atoms with Gasteiger partial charge in [-0.2, -0.15) is 0 Å². The lowest BCUT2D eigenvalue weighted by molar-refractivity contribution is -0.117. The van der Waals surface area contributed by atoms with Crippen molar-refractivity contribution in [3.8, 4) is 0 Å². The second kappa shape index (κ2) is 9.88. The van der Waals surface area contributed by atoms with Gasteiger partial charge in [-0.05, 0) is 50.0 Å². The van der Waals surface area contributed by atoms with Gasteiger partial charge in [-0.1, -0.05) is 54.1 Å². The van der Waals surface area contributed by atoms with Crippen molar-refractivity contribution < 1.29 is 4.79 Å². The summed E-state index contributed by atoms with van der Waals surface area (Å²) >= 11 is 6.25. The van der Waals surface area contributed by atoms with E-state index in [0.29, 0.717) is 17.3 Å². The van der Waals surface area contributed by atoms with E-state index in [4.69, 9.17) is 11.6 Å². The molecule has 0 bridgehead atoms. The number of halogens is 1. The van der Waals surface area contributed by atoms with Gasteiger partial charge in [0.05, 0.1) is 17.3 Å². The first-order chi connectivity index (χ1) is 13.1. The fourth-order valence-electron chi connectivity index (χ4n) is 3.52. The average molecular weight is 386 g/mol. The predicted molar refractivity (Wildman–Crippen MR) is 112 cm³/mol. The number of nitrogens with one attached hydrogen (secondary N) is 1. The van der Waals surface area contributed by atoms with Crippen molar-refractivity contribution >= 4 is 23.2 Å². The summed E-state index contributed by atoms with van der Waals surface area (Å²) in [7, 11) is 0. The van der Waals surface area contributed by atoms with Gasteiger partial charge in [0, 0.05) is 19.6 Å². The van der Waals surface area contributed by atoms with Crippen LogP contribution in [0.5, 0.6) is 0 Å². The van der Waals surface area contributed by atoms with Crippen LogP contribution in [0.4, 0.5) is 5.69 Å². The number of hydrogen-bond donors (Lipinski definition) is 1. The number of para-hydroxylation sites is 1. The quantitative estimate of drug-likeness (QED) is 0.740. The SMILES string of the molecule is Cc1cccc(Cl)c1NC(=O)CN(CCN1CCCC1)Cc1ccccc1. The summed E-state index contributed by atoms with van der Waals surface area (Å²) in [6.07, 6.45) is 2.57. The molecular formula is C22H28ClN3O. The van der Waals surface area contributed by atoms with Crippen molar-refractivity contribution in [2.45, 2.75) is 26.3 Å². The highest BCUT2D eigenvalue weighted by Crippen LogP contribution is 2.25. The van der Waals surface area contributed by atoms with Crippen molar-refractivity contribution in [1.29, 1.82) is 0 Å². The molecule has 1 heterocycles. The molecule has 0 radical (unpaired) electrons. The Hall–Kier alpha value is -1.88. The standard InChI is InChI=1S/C22H28ClN3O/c1-18-8-7-11-20(23)22(18)24-21(27)17-26(15-14-25-12-5-6-13-25)16-19-9-3-2-4-10-19/h2-4,7-11H,5-6,12-17H2,1H3,(H,24,27). The van der Waals surface area contributed by atoms with Crippen LogP contribution in [0.1, 0.15) is 24.0 Å². The average Bonchev–Trinajstić information content (AvgIpc) is 3.17. The molecule has 5 heteroatoms. The Morgan fingerprint density at radius 3 is 2.56 bits per heavy atom. The molecule has 0 saturated carbocycles. The zero-order chi connectivity index (χ0) is 19.1. The number of benzene rings is 2. The van der Waals surface area contributed by atoms with Gasteiger partial charge in [-0.15, -0.1) is 0 Å². The van der Waals surface area contributed by atoms with E-state index >= 15 is 0 Å². The number of rotatable bonds is 8. The van der Waals surface area contributed by atoms with Gasteiger partial charge in [0.15, 0.2) is 0 Å². The first-order valence-corrected chi connectivity index (χ1v) is 10.0. The Morgan fingerprint density at radius 1 is 1.11 bits per heavy atom. The van der Waals surface area contributed by atoms with Crippen LogP contribution in [-0.4, -0.2) is 48.4 Å². The lowest BCUT2D eigenvalue weighted by Gasteiger charge is -2.25. The van der Waals surface area contributed by atoms with Gasteiger partial charge in [0.2, 0.25) is 5.91 Å². The van der Waals surface area contributed by atoms with Crippen LogP contribution in [0.15, 0.2) is 48.5 Å². The molecule has 1 aliphatic heterocycles. The molecule has 1 aliphatic rings. The number of carbonyl (C=O) groups is 1. The Bertz CT molecular complexity index is 724. The number of aryl methyl sites for hydroxylation is 1. The fraction of sp³-hybridized carbons (Fsp3) is 0.409. The Morgan fingerprint density at radius 2 is 1.85 bits per heavy atom. The van der Waals surface area contributed by atoms with E-state index in [1.165, 1.54) is 31.5 Å². The summed E-state index contributed by atoms with van der Waals surface area (Å²) < 4.78 is 0. The molecule has 3 rings (SSSR count). The van der Waals surface area contributed by atoms with E-state index in [1.54, 1.807) is 6.07 Å². The lowest BCUT2D eigenvalue weighted by Crippen LogP contribution is -2.38. The summed E-state index contributed by atoms with van der Waals surface area (Å²) in [5.74, 6) is -0.0245. The Labute approximate surface area is 167 Å². The molecule has 1 saturated heterocycles. The minimum Gasteiger partial charge on any atom is -0.323 e. The van der Waals surface area contributed by atoms with Crippen LogP contribution < -0.4 is 5.32 Å². The molecule has 1 N–H and O–H groups in total. The molecule has 0 aliphatic carbocycles. The third kappa shape index (κ3) is 6.06. The molecule has 2 aromatic rings. The zero-order valence-electron chi connectivity index (χ0n) is 16.0. The number of amides is 1. The summed E-state index contributed by atoms with van der Waals surface area (Å²) in [6.45, 7) is 7.30. The highest BCUT2D eigenvalue weighted by atomic mass is 35.5. The fourth-order valence-corrected chi connectivity index (χ4v) is 3.79. The van der Waals surface area contributed by atoms with E-state index in [9.17, 15) is 4.79 Å². The maximum absolute atomic E-state index is 12.7. The summed E-state index contributed by atoms with van der Waals surface area (Å²) in [5, 5.41) is 3.58. The molecule has 27 heavy (non-hydrogen) atoms. The van der Waals surface area contributed by atoms with Gasteiger partial charge in [0.1, 0.15) is 0 Å². The van der Waals surface area contributed by atoms with Crippen molar-refractivity contribution in [2.75, 3.05) is 38.0 Å². The van der Waals surface area contributed by atoms with E-state index < -0.39 is 0 Å². The van der Waals surface area contributed by atoms with Crippen molar-refractivity contribution in [3.63, 3.8) is 0 Å². The Balaban J connectivity index is 1.62. The zero-order valence-corrected chi connectivity index (χ0v) is 16.7. The predicted octanol–water partition coefficient (Wildman–Crippen LogP) is 4.18. The molecule has 0 unspecified atom stereocenters. The summed E-state index contributed by atoms with van der Waals surface area (Å²) in [4.78, 5) is 17.4. The largest absolute Gasteiger partial charge is 0.323 e. The lowest BCUT2D eigenvalue weighted by atomic mass is 10.2. The first-order valence-electron chi connectivity index (χ1n) is 9.65. The van der Waals surface area contributed by atoms with Crippen molar-refractivity contribution in [1.82, 2.24) is 9.80 Å². The maximum Gasteiger partial charge on any atom is 0.238 e. The van der Waals surface area contributed by atoms with Gasteiger partial charge in [-0.25, -0.2) is 0 Å². The van der Waals surface area contributed by atoms with Crippen molar-refractivity contribution in [3.05, 3.63) is 64.7 Å². The van der Waals surface area contributed by atoms with Crippen LogP contribution in [0, 0.1) is 6.92 Å². The van der Waals surface area contributed by atoms with Crippen molar-refractivity contribution in [2.24, 2.45) is 0 Å². The highest BCUT2D eigenvalue weighted by Gasteiger charge is 2.17. The van der Waals surface area contributed by atoms with Crippen LogP contribution in [-0.2, 0) is 11.3 Å². The highest BCUT2D eigenvalue weighted by molar-refractivity contribution is 6.33. The normalized spacial score (nSPS) is 14.6. The molecule has 1 fully saturated rings. The van der Waals surface area contributed by atoms with Gasteiger partial charge < -0.3 is 10.2 Å². The molecule has 4 nitrogen and oxygen atoms in total. The van der Waals surface area contributed by atoms with E-state index in [2.05, 4.69) is 27.2 Å². The summed E-state index contributed by atoms with van der Waals surface area (Å²) in [6, 6.07) is 16.0. The number of anilines is 1. The number of nitrogens with zero attached hydrogens (tertiary/aromatic N) is 2. The molecular weight excluding hydrogens is 358 g/mol. The van der Waals surface area contributed by atoms with E-state index in [-0.39, 0.29) is 5.91 Å². The monoisotopic (exact) mass is 385 g/mol. The second-order valence-corrected chi connectivity index (χ2v) is 7.63. The molecule has 144 valence electrons. The molecule has 2 aromatic carbocycles. The minimum atomic E-state index is -0.0245. The number of hydrogen-bond acceptors (Lipinski definition) is 3. The maximum atomic E-state index is 12.7. The number of likely N-dealkylation sites (tertiary alicyclic amines) is 1. The van der Waals surface area contributed by atoms with Crippen LogP contribution >= 0.6 is 11.6 Å². The Kier molecular flexibility index (Phi) is 7.27. The second-order valence-electron chi connectivity index (χ2n) is 7.22. The van der Waals surface area contributed by atoms with Gasteiger partial charge in [-0.3, -0.25) is 9.69 Å². The molecule has 0 spiro atoms. The van der Waals surface area contributed by atoms with E-state index in [0.717, 1.165) is 25.2 Å². The van der Waals surface area contributed by atoms with Crippen LogP contribution in [0.25, 0.3) is 0 Å². The molecule has 0 aromatic heterocycles. The van der Waals surface area contributed by atoms with Gasteiger partial charge >= 0.3 is 0 Å². The number of carbonyl (C=O) groups excluding carboxylic acids is 1. The minimum absolute atomic E-state index is 0.0245.